The normalized spacial score (nSPS) is 9.73. The van der Waals surface area contributed by atoms with Gasteiger partial charge in [-0.1, -0.05) is 6.08 Å². The van der Waals surface area contributed by atoms with Crippen LogP contribution in [0, 0.1) is 6.92 Å². The number of methoxy groups -OCH3 is 1. The van der Waals surface area contributed by atoms with Crippen molar-refractivity contribution in [2.45, 2.75) is 19.8 Å². The Balaban J connectivity index is 2.50. The molecule has 1 aromatic carbocycles. The van der Waals surface area contributed by atoms with Crippen LogP contribution in [0.1, 0.15) is 18.4 Å². The van der Waals surface area contributed by atoms with Crippen molar-refractivity contribution in [3.8, 4) is 5.75 Å². The van der Waals surface area contributed by atoms with Crippen molar-refractivity contribution < 1.29 is 4.74 Å². The molecule has 1 N–H and O–H groups in total. The van der Waals surface area contributed by atoms with Gasteiger partial charge in [0.05, 0.1) is 7.11 Å². The zero-order chi connectivity index (χ0) is 11.1. The molecule has 0 saturated carbocycles. The van der Waals surface area contributed by atoms with Crippen LogP contribution in [0.15, 0.2) is 30.9 Å². The predicted octanol–water partition coefficient (Wildman–Crippen LogP) is 3.38. The van der Waals surface area contributed by atoms with Crippen molar-refractivity contribution in [3.63, 3.8) is 0 Å². The molecule has 1 rings (SSSR count). The number of unbranched alkanes of at least 4 members (excludes halogenated alkanes) is 1. The molecule has 0 unspecified atom stereocenters. The summed E-state index contributed by atoms with van der Waals surface area (Å²) in [4.78, 5) is 0. The van der Waals surface area contributed by atoms with Crippen molar-refractivity contribution in [1.82, 2.24) is 0 Å². The van der Waals surface area contributed by atoms with Gasteiger partial charge in [-0.15, -0.1) is 6.58 Å². The first-order chi connectivity index (χ1) is 7.27. The Labute approximate surface area is 92.0 Å². The Kier molecular flexibility index (Phi) is 4.75. The van der Waals surface area contributed by atoms with Crippen LogP contribution < -0.4 is 10.1 Å². The summed E-state index contributed by atoms with van der Waals surface area (Å²) in [6.07, 6.45) is 4.12. The van der Waals surface area contributed by atoms with Crippen LogP contribution in [0.3, 0.4) is 0 Å². The molecular weight excluding hydrogens is 186 g/mol. The lowest BCUT2D eigenvalue weighted by Crippen LogP contribution is -2.02. The van der Waals surface area contributed by atoms with Crippen LogP contribution in [0.2, 0.25) is 0 Å². The van der Waals surface area contributed by atoms with E-state index in [-0.39, 0.29) is 0 Å². The maximum atomic E-state index is 5.15. The number of nitrogens with one attached hydrogen (secondary N) is 1. The first-order valence-corrected chi connectivity index (χ1v) is 5.27. The lowest BCUT2D eigenvalue weighted by molar-refractivity contribution is 0.414. The quantitative estimate of drug-likeness (QED) is 0.568. The van der Waals surface area contributed by atoms with E-state index in [9.17, 15) is 0 Å². The molecule has 0 radical (unpaired) electrons. The van der Waals surface area contributed by atoms with Crippen LogP contribution in [-0.2, 0) is 0 Å². The molecule has 0 aliphatic rings. The lowest BCUT2D eigenvalue weighted by atomic mass is 10.2. The van der Waals surface area contributed by atoms with E-state index >= 15 is 0 Å². The van der Waals surface area contributed by atoms with E-state index in [1.54, 1.807) is 7.11 Å². The van der Waals surface area contributed by atoms with Gasteiger partial charge in [-0.25, -0.2) is 0 Å². The fraction of sp³-hybridized carbons (Fsp3) is 0.385. The van der Waals surface area contributed by atoms with Gasteiger partial charge in [0.25, 0.3) is 0 Å². The number of ether oxygens (including phenoxy) is 1. The smallest absolute Gasteiger partial charge is 0.119 e. The third kappa shape index (κ3) is 3.66. The summed E-state index contributed by atoms with van der Waals surface area (Å²) >= 11 is 0. The van der Waals surface area contributed by atoms with Crippen molar-refractivity contribution in [2.24, 2.45) is 0 Å². The number of benzene rings is 1. The zero-order valence-electron chi connectivity index (χ0n) is 9.55. The van der Waals surface area contributed by atoms with Gasteiger partial charge in [0.1, 0.15) is 5.75 Å². The molecule has 0 aliphatic heterocycles. The van der Waals surface area contributed by atoms with E-state index < -0.39 is 0 Å². The first-order valence-electron chi connectivity index (χ1n) is 5.27. The summed E-state index contributed by atoms with van der Waals surface area (Å²) in [6.45, 7) is 6.77. The second kappa shape index (κ2) is 6.12. The number of allylic oxidation sites excluding steroid dienone is 1. The van der Waals surface area contributed by atoms with Crippen LogP contribution in [0.5, 0.6) is 5.75 Å². The van der Waals surface area contributed by atoms with Crippen molar-refractivity contribution >= 4 is 5.69 Å². The number of aryl methyl sites for hydroxylation is 1. The highest BCUT2D eigenvalue weighted by Gasteiger charge is 1.98. The minimum atomic E-state index is 0.907. The summed E-state index contributed by atoms with van der Waals surface area (Å²) in [5, 5.41) is 3.40. The molecular formula is C13H19NO. The molecule has 0 aliphatic carbocycles. The van der Waals surface area contributed by atoms with Gasteiger partial charge in [0.2, 0.25) is 0 Å². The molecule has 82 valence electrons. The van der Waals surface area contributed by atoms with E-state index in [4.69, 9.17) is 4.74 Å². The van der Waals surface area contributed by atoms with Gasteiger partial charge in [-0.05, 0) is 43.5 Å². The third-order valence-corrected chi connectivity index (χ3v) is 2.33. The van der Waals surface area contributed by atoms with Gasteiger partial charge in [-0.3, -0.25) is 0 Å². The van der Waals surface area contributed by atoms with E-state index in [0.717, 1.165) is 25.1 Å². The number of anilines is 1. The van der Waals surface area contributed by atoms with Crippen LogP contribution in [0.25, 0.3) is 0 Å². The van der Waals surface area contributed by atoms with Gasteiger partial charge in [0.15, 0.2) is 0 Å². The standard InChI is InChI=1S/C13H19NO/c1-4-5-6-9-14-13-8-7-12(15-3)10-11(13)2/h4,7-8,10,14H,1,5-6,9H2,2-3H3. The largest absolute Gasteiger partial charge is 0.497 e. The maximum absolute atomic E-state index is 5.15. The van der Waals surface area contributed by atoms with Crippen LogP contribution in [-0.4, -0.2) is 13.7 Å². The Morgan fingerprint density at radius 2 is 2.27 bits per heavy atom. The molecule has 0 heterocycles. The number of rotatable bonds is 6. The molecule has 2 heteroatoms. The van der Waals surface area contributed by atoms with E-state index in [2.05, 4.69) is 24.9 Å². The van der Waals surface area contributed by atoms with Crippen molar-refractivity contribution in [1.29, 1.82) is 0 Å². The third-order valence-electron chi connectivity index (χ3n) is 2.33. The molecule has 2 nitrogen and oxygen atoms in total. The highest BCUT2D eigenvalue weighted by Crippen LogP contribution is 2.20. The minimum absolute atomic E-state index is 0.907. The highest BCUT2D eigenvalue weighted by molar-refractivity contribution is 5.53. The number of hydrogen-bond acceptors (Lipinski definition) is 2. The highest BCUT2D eigenvalue weighted by atomic mass is 16.5. The van der Waals surface area contributed by atoms with Crippen molar-refractivity contribution in [3.05, 3.63) is 36.4 Å². The maximum Gasteiger partial charge on any atom is 0.119 e. The Bertz CT molecular complexity index is 320. The number of hydrogen-bond donors (Lipinski definition) is 1. The fourth-order valence-corrected chi connectivity index (χ4v) is 1.43. The van der Waals surface area contributed by atoms with Crippen molar-refractivity contribution in [2.75, 3.05) is 19.0 Å². The molecule has 0 spiro atoms. The molecule has 0 amide bonds. The van der Waals surface area contributed by atoms with Gasteiger partial charge >= 0.3 is 0 Å². The van der Waals surface area contributed by atoms with E-state index in [0.29, 0.717) is 0 Å². The molecule has 1 aromatic rings. The monoisotopic (exact) mass is 205 g/mol. The summed E-state index contributed by atoms with van der Waals surface area (Å²) < 4.78 is 5.15. The summed E-state index contributed by atoms with van der Waals surface area (Å²) in [7, 11) is 1.69. The topological polar surface area (TPSA) is 21.3 Å². The average molecular weight is 205 g/mol. The summed E-state index contributed by atoms with van der Waals surface area (Å²) in [5.41, 5.74) is 2.40. The Morgan fingerprint density at radius 3 is 2.87 bits per heavy atom. The zero-order valence-corrected chi connectivity index (χ0v) is 9.55. The molecule has 0 aromatic heterocycles. The van der Waals surface area contributed by atoms with Crippen LogP contribution in [0.4, 0.5) is 5.69 Å². The fourth-order valence-electron chi connectivity index (χ4n) is 1.43. The molecule has 15 heavy (non-hydrogen) atoms. The van der Waals surface area contributed by atoms with Gasteiger partial charge in [-0.2, -0.15) is 0 Å². The Morgan fingerprint density at radius 1 is 1.47 bits per heavy atom. The minimum Gasteiger partial charge on any atom is -0.497 e. The summed E-state index contributed by atoms with van der Waals surface area (Å²) in [6, 6.07) is 6.07. The van der Waals surface area contributed by atoms with E-state index in [1.165, 1.54) is 11.3 Å². The second-order valence-corrected chi connectivity index (χ2v) is 3.54. The molecule has 0 saturated heterocycles. The molecule has 0 bridgehead atoms. The lowest BCUT2D eigenvalue weighted by Gasteiger charge is -2.10. The SMILES string of the molecule is C=CCCCNc1ccc(OC)cc1C. The van der Waals surface area contributed by atoms with Gasteiger partial charge < -0.3 is 10.1 Å². The van der Waals surface area contributed by atoms with E-state index in [1.807, 2.05) is 18.2 Å². The van der Waals surface area contributed by atoms with Crippen LogP contribution >= 0.6 is 0 Å². The molecule has 0 fully saturated rings. The Hall–Kier alpha value is -1.44. The molecule has 0 atom stereocenters. The van der Waals surface area contributed by atoms with Gasteiger partial charge in [0, 0.05) is 12.2 Å². The second-order valence-electron chi connectivity index (χ2n) is 3.54. The average Bonchev–Trinajstić information content (AvgIpc) is 2.26. The summed E-state index contributed by atoms with van der Waals surface area (Å²) in [5.74, 6) is 0.907. The first kappa shape index (κ1) is 11.6. The predicted molar refractivity (Wildman–Crippen MR) is 65.7 cm³/mol.